The molecule has 0 heterocycles. The maximum absolute atomic E-state index is 8.64. The van der Waals surface area contributed by atoms with Crippen LogP contribution in [0.3, 0.4) is 0 Å². The third-order valence-electron chi connectivity index (χ3n) is 1.08. The highest BCUT2D eigenvalue weighted by Gasteiger charge is 1.98. The van der Waals surface area contributed by atoms with Gasteiger partial charge in [-0.3, -0.25) is 0 Å². The lowest BCUT2D eigenvalue weighted by molar-refractivity contribution is 0.198. The molecule has 1 atom stereocenters. The van der Waals surface area contributed by atoms with E-state index in [1.54, 1.807) is 11.8 Å². The quantitative estimate of drug-likeness (QED) is 0.474. The second-order valence-corrected chi connectivity index (χ2v) is 3.25. The summed E-state index contributed by atoms with van der Waals surface area (Å²) in [5, 5.41) is 8.64. The molecule has 0 aliphatic rings. The molecule has 0 aromatic carbocycles. The van der Waals surface area contributed by atoms with Crippen LogP contribution in [0.15, 0.2) is 0 Å². The summed E-state index contributed by atoms with van der Waals surface area (Å²) in [5.41, 5.74) is 0. The molecule has 0 fully saturated rings. The first-order chi connectivity index (χ1) is 4.81. The Balaban J connectivity index is 2.89. The van der Waals surface area contributed by atoms with Gasteiger partial charge in [0.05, 0.1) is 5.94 Å². The van der Waals surface area contributed by atoms with Gasteiger partial charge < -0.3 is 9.84 Å². The summed E-state index contributed by atoms with van der Waals surface area (Å²) in [5.74, 6) is 2.13. The molecule has 0 aliphatic heterocycles. The Labute approximate surface area is 67.0 Å². The minimum atomic E-state index is 0.277. The number of hydrogen-bond acceptors (Lipinski definition) is 3. The van der Waals surface area contributed by atoms with Crippen molar-refractivity contribution in [2.45, 2.75) is 13.8 Å². The highest BCUT2D eigenvalue weighted by atomic mass is 32.2. The SMILES string of the molecule is CCOCSCC(C)CO. The second kappa shape index (κ2) is 7.38. The van der Waals surface area contributed by atoms with E-state index in [0.29, 0.717) is 5.92 Å². The molecule has 0 amide bonds. The average Bonchev–Trinajstić information content (AvgIpc) is 1.98. The molecule has 62 valence electrons. The number of aliphatic hydroxyl groups is 1. The second-order valence-electron chi connectivity index (χ2n) is 2.27. The van der Waals surface area contributed by atoms with E-state index in [4.69, 9.17) is 9.84 Å². The van der Waals surface area contributed by atoms with Crippen LogP contribution in [0.2, 0.25) is 0 Å². The predicted molar refractivity (Wildman–Crippen MR) is 45.2 cm³/mol. The van der Waals surface area contributed by atoms with Gasteiger partial charge in [0.2, 0.25) is 0 Å². The molecule has 0 spiro atoms. The zero-order valence-corrected chi connectivity index (χ0v) is 7.49. The van der Waals surface area contributed by atoms with Crippen LogP contribution in [0, 0.1) is 5.92 Å². The Bertz CT molecular complexity index is 68.6. The van der Waals surface area contributed by atoms with Gasteiger partial charge in [0, 0.05) is 19.0 Å². The summed E-state index contributed by atoms with van der Waals surface area (Å²) in [6.45, 7) is 5.06. The Morgan fingerprint density at radius 3 is 2.80 bits per heavy atom. The van der Waals surface area contributed by atoms with E-state index in [2.05, 4.69) is 0 Å². The van der Waals surface area contributed by atoms with Crippen LogP contribution in [0.1, 0.15) is 13.8 Å². The zero-order chi connectivity index (χ0) is 7.82. The Morgan fingerprint density at radius 1 is 1.60 bits per heavy atom. The highest BCUT2D eigenvalue weighted by Crippen LogP contribution is 2.06. The van der Waals surface area contributed by atoms with Crippen LogP contribution in [0.5, 0.6) is 0 Å². The van der Waals surface area contributed by atoms with E-state index < -0.39 is 0 Å². The summed E-state index contributed by atoms with van der Waals surface area (Å²) in [6, 6.07) is 0. The van der Waals surface area contributed by atoms with Crippen LogP contribution in [0.4, 0.5) is 0 Å². The van der Waals surface area contributed by atoms with Gasteiger partial charge in [-0.1, -0.05) is 6.92 Å². The molecule has 10 heavy (non-hydrogen) atoms. The lowest BCUT2D eigenvalue weighted by Crippen LogP contribution is -2.04. The van der Waals surface area contributed by atoms with E-state index in [9.17, 15) is 0 Å². The fraction of sp³-hybridized carbons (Fsp3) is 1.00. The summed E-state index contributed by atoms with van der Waals surface area (Å²) >= 11 is 1.73. The molecule has 0 rings (SSSR count). The number of hydrogen-bond donors (Lipinski definition) is 1. The van der Waals surface area contributed by atoms with Crippen molar-refractivity contribution in [2.75, 3.05) is 24.9 Å². The first-order valence-electron chi connectivity index (χ1n) is 3.57. The first-order valence-corrected chi connectivity index (χ1v) is 4.73. The molecule has 0 bridgehead atoms. The minimum Gasteiger partial charge on any atom is -0.396 e. The van der Waals surface area contributed by atoms with Crippen molar-refractivity contribution in [2.24, 2.45) is 5.92 Å². The number of thioether (sulfide) groups is 1. The molecule has 1 unspecified atom stereocenters. The number of rotatable bonds is 6. The third-order valence-corrected chi connectivity index (χ3v) is 2.22. The number of aliphatic hydroxyl groups excluding tert-OH is 1. The van der Waals surface area contributed by atoms with Gasteiger partial charge in [-0.05, 0) is 12.8 Å². The summed E-state index contributed by atoms with van der Waals surface area (Å²) in [7, 11) is 0. The average molecular weight is 164 g/mol. The van der Waals surface area contributed by atoms with E-state index in [1.807, 2.05) is 13.8 Å². The molecule has 0 saturated heterocycles. The predicted octanol–water partition coefficient (Wildman–Crippen LogP) is 1.34. The van der Waals surface area contributed by atoms with Crippen LogP contribution in [0.25, 0.3) is 0 Å². The molecule has 1 N–H and O–H groups in total. The molecule has 0 aliphatic carbocycles. The van der Waals surface area contributed by atoms with E-state index >= 15 is 0 Å². The van der Waals surface area contributed by atoms with E-state index in [1.165, 1.54) is 0 Å². The van der Waals surface area contributed by atoms with Crippen LogP contribution in [-0.2, 0) is 4.74 Å². The van der Waals surface area contributed by atoms with Crippen LogP contribution in [-0.4, -0.2) is 30.0 Å². The van der Waals surface area contributed by atoms with Crippen molar-refractivity contribution in [3.05, 3.63) is 0 Å². The molecular weight excluding hydrogens is 148 g/mol. The van der Waals surface area contributed by atoms with E-state index in [-0.39, 0.29) is 6.61 Å². The van der Waals surface area contributed by atoms with Gasteiger partial charge in [-0.15, -0.1) is 11.8 Å². The van der Waals surface area contributed by atoms with Gasteiger partial charge in [0.25, 0.3) is 0 Å². The standard InChI is InChI=1S/C7H16O2S/c1-3-9-6-10-5-7(2)4-8/h7-8H,3-6H2,1-2H3. The third kappa shape index (κ3) is 6.39. The Kier molecular flexibility index (Phi) is 7.58. The number of ether oxygens (including phenoxy) is 1. The minimum absolute atomic E-state index is 0.277. The first kappa shape index (κ1) is 10.3. The molecule has 0 aromatic heterocycles. The lowest BCUT2D eigenvalue weighted by Gasteiger charge is -2.05. The van der Waals surface area contributed by atoms with Crippen molar-refractivity contribution < 1.29 is 9.84 Å². The topological polar surface area (TPSA) is 29.5 Å². The van der Waals surface area contributed by atoms with Gasteiger partial charge in [0.15, 0.2) is 0 Å². The monoisotopic (exact) mass is 164 g/mol. The largest absolute Gasteiger partial charge is 0.396 e. The van der Waals surface area contributed by atoms with Crippen molar-refractivity contribution in [1.82, 2.24) is 0 Å². The summed E-state index contributed by atoms with van der Waals surface area (Å²) in [4.78, 5) is 0. The van der Waals surface area contributed by atoms with Gasteiger partial charge in [0.1, 0.15) is 0 Å². The van der Waals surface area contributed by atoms with Crippen molar-refractivity contribution in [1.29, 1.82) is 0 Å². The molecular formula is C7H16O2S. The van der Waals surface area contributed by atoms with E-state index in [0.717, 1.165) is 18.3 Å². The van der Waals surface area contributed by atoms with Crippen molar-refractivity contribution >= 4 is 11.8 Å². The lowest BCUT2D eigenvalue weighted by atomic mass is 10.2. The highest BCUT2D eigenvalue weighted by molar-refractivity contribution is 7.99. The molecule has 0 radical (unpaired) electrons. The van der Waals surface area contributed by atoms with Crippen LogP contribution < -0.4 is 0 Å². The smallest absolute Gasteiger partial charge is 0.0920 e. The molecule has 2 nitrogen and oxygen atoms in total. The maximum atomic E-state index is 8.64. The van der Waals surface area contributed by atoms with Crippen molar-refractivity contribution in [3.8, 4) is 0 Å². The Hall–Kier alpha value is 0.270. The van der Waals surface area contributed by atoms with Gasteiger partial charge in [-0.2, -0.15) is 0 Å². The maximum Gasteiger partial charge on any atom is 0.0920 e. The molecule has 0 aromatic rings. The molecule has 3 heteroatoms. The van der Waals surface area contributed by atoms with Gasteiger partial charge in [-0.25, -0.2) is 0 Å². The Morgan fingerprint density at radius 2 is 2.30 bits per heavy atom. The normalized spacial score (nSPS) is 13.5. The fourth-order valence-corrected chi connectivity index (χ4v) is 1.33. The molecule has 0 saturated carbocycles. The summed E-state index contributed by atoms with van der Waals surface area (Å²) < 4.78 is 5.11. The van der Waals surface area contributed by atoms with Crippen LogP contribution >= 0.6 is 11.8 Å². The zero-order valence-electron chi connectivity index (χ0n) is 6.67. The fourth-order valence-electron chi connectivity index (χ4n) is 0.444. The van der Waals surface area contributed by atoms with Crippen molar-refractivity contribution in [3.63, 3.8) is 0 Å². The summed E-state index contributed by atoms with van der Waals surface area (Å²) in [6.07, 6.45) is 0. The van der Waals surface area contributed by atoms with Gasteiger partial charge >= 0.3 is 0 Å².